The first-order chi connectivity index (χ1) is 13.0. The van der Waals surface area contributed by atoms with Crippen LogP contribution in [0.2, 0.25) is 0 Å². The van der Waals surface area contributed by atoms with E-state index in [1.165, 1.54) is 11.3 Å². The van der Waals surface area contributed by atoms with E-state index in [0.29, 0.717) is 29.7 Å². The van der Waals surface area contributed by atoms with E-state index in [-0.39, 0.29) is 5.91 Å². The fourth-order valence-corrected chi connectivity index (χ4v) is 4.82. The van der Waals surface area contributed by atoms with Gasteiger partial charge in [-0.1, -0.05) is 18.0 Å². The lowest BCUT2D eigenvalue weighted by Gasteiger charge is -2.27. The maximum absolute atomic E-state index is 12.9. The number of aromatic nitrogens is 2. The Balaban J connectivity index is 1.60. The van der Waals surface area contributed by atoms with Crippen molar-refractivity contribution in [1.82, 2.24) is 10.1 Å². The molecule has 4 rings (SSSR count). The molecular weight excluding hydrogens is 366 g/mol. The summed E-state index contributed by atoms with van der Waals surface area (Å²) in [6.45, 7) is 3.95. The molecule has 0 aliphatic heterocycles. The molecule has 2 aromatic heterocycles. The van der Waals surface area contributed by atoms with Crippen molar-refractivity contribution >= 4 is 28.2 Å². The summed E-state index contributed by atoms with van der Waals surface area (Å²) in [4.78, 5) is 30.0. The van der Waals surface area contributed by atoms with Gasteiger partial charge in [0, 0.05) is 10.8 Å². The highest BCUT2D eigenvalue weighted by atomic mass is 32.1. The Morgan fingerprint density at radius 2 is 1.85 bits per heavy atom. The molecule has 2 aliphatic rings. The van der Waals surface area contributed by atoms with Crippen LogP contribution in [0.25, 0.3) is 11.5 Å². The summed E-state index contributed by atoms with van der Waals surface area (Å²) >= 11 is 1.46. The quantitative estimate of drug-likeness (QED) is 0.797. The van der Waals surface area contributed by atoms with Crippen molar-refractivity contribution in [2.45, 2.75) is 58.3 Å². The van der Waals surface area contributed by atoms with Crippen LogP contribution in [0.3, 0.4) is 0 Å². The number of nitrogens with zero attached hydrogens (tertiary/aromatic N) is 2. The second-order valence-electron chi connectivity index (χ2n) is 7.54. The van der Waals surface area contributed by atoms with Crippen molar-refractivity contribution in [2.24, 2.45) is 11.8 Å². The van der Waals surface area contributed by atoms with Gasteiger partial charge in [0.1, 0.15) is 5.00 Å². The number of aliphatic carboxylic acids is 1. The van der Waals surface area contributed by atoms with Gasteiger partial charge in [-0.05, 0) is 45.1 Å². The van der Waals surface area contributed by atoms with Gasteiger partial charge >= 0.3 is 5.97 Å². The van der Waals surface area contributed by atoms with Crippen LogP contribution in [0.1, 0.15) is 60.7 Å². The van der Waals surface area contributed by atoms with E-state index < -0.39 is 17.8 Å². The van der Waals surface area contributed by atoms with Gasteiger partial charge in [-0.3, -0.25) is 9.59 Å². The lowest BCUT2D eigenvalue weighted by molar-refractivity contribution is -0.147. The molecule has 0 spiro atoms. The molecule has 2 aromatic rings. The predicted octanol–water partition coefficient (Wildman–Crippen LogP) is 4.12. The molecular formula is C19H23N3O4S. The maximum Gasteiger partial charge on any atom is 0.307 e. The summed E-state index contributed by atoms with van der Waals surface area (Å²) in [5.41, 5.74) is 1.76. The Kier molecular flexibility index (Phi) is 4.75. The molecule has 0 bridgehead atoms. The van der Waals surface area contributed by atoms with Crippen molar-refractivity contribution in [3.63, 3.8) is 0 Å². The van der Waals surface area contributed by atoms with Crippen LogP contribution in [-0.2, 0) is 9.59 Å². The second kappa shape index (κ2) is 7.07. The number of aryl methyl sites for hydroxylation is 1. The molecule has 0 saturated heterocycles. The Morgan fingerprint density at radius 1 is 1.15 bits per heavy atom. The van der Waals surface area contributed by atoms with E-state index in [1.807, 2.05) is 13.8 Å². The number of carboxylic acid groups (broad SMARTS) is 1. The van der Waals surface area contributed by atoms with Gasteiger partial charge in [0.2, 0.25) is 5.91 Å². The minimum absolute atomic E-state index is 0.230. The number of amides is 1. The van der Waals surface area contributed by atoms with Gasteiger partial charge < -0.3 is 14.9 Å². The molecule has 2 fully saturated rings. The molecule has 144 valence electrons. The highest BCUT2D eigenvalue weighted by Crippen LogP contribution is 2.43. The van der Waals surface area contributed by atoms with Gasteiger partial charge in [-0.25, -0.2) is 0 Å². The first-order valence-electron chi connectivity index (χ1n) is 9.43. The van der Waals surface area contributed by atoms with E-state index in [9.17, 15) is 14.7 Å². The zero-order valence-corrected chi connectivity index (χ0v) is 16.3. The lowest BCUT2D eigenvalue weighted by Crippen LogP contribution is -2.35. The van der Waals surface area contributed by atoms with Gasteiger partial charge in [0.05, 0.1) is 17.4 Å². The lowest BCUT2D eigenvalue weighted by atomic mass is 9.79. The molecule has 8 heteroatoms. The fourth-order valence-electron chi connectivity index (χ4n) is 3.76. The molecule has 2 saturated carbocycles. The molecule has 0 unspecified atom stereocenters. The van der Waals surface area contributed by atoms with Gasteiger partial charge in [-0.15, -0.1) is 11.3 Å². The normalized spacial score (nSPS) is 22.6. The number of rotatable bonds is 5. The van der Waals surface area contributed by atoms with Gasteiger partial charge in [0.25, 0.3) is 5.89 Å². The van der Waals surface area contributed by atoms with Crippen molar-refractivity contribution in [2.75, 3.05) is 5.32 Å². The summed E-state index contributed by atoms with van der Waals surface area (Å²) in [6.07, 6.45) is 5.07. The molecule has 2 atom stereocenters. The van der Waals surface area contributed by atoms with Crippen LogP contribution >= 0.6 is 11.3 Å². The number of hydrogen-bond acceptors (Lipinski definition) is 6. The molecule has 1 amide bonds. The highest BCUT2D eigenvalue weighted by molar-refractivity contribution is 7.17. The molecule has 2 aliphatic carbocycles. The number of anilines is 1. The number of carboxylic acids is 1. The second-order valence-corrected chi connectivity index (χ2v) is 8.77. The summed E-state index contributed by atoms with van der Waals surface area (Å²) in [7, 11) is 0. The summed E-state index contributed by atoms with van der Waals surface area (Å²) < 4.78 is 5.47. The molecule has 0 aromatic carbocycles. The third kappa shape index (κ3) is 3.50. The summed E-state index contributed by atoms with van der Waals surface area (Å²) in [5, 5.41) is 17.2. The van der Waals surface area contributed by atoms with Crippen molar-refractivity contribution < 1.29 is 19.2 Å². The smallest absolute Gasteiger partial charge is 0.307 e. The standard InChI is InChI=1S/C19H23N3O4S/c1-9-10(2)27-18(14(9)17-20-15(22-26-17)11-7-8-11)21-16(23)12-5-3-4-6-13(12)19(24)25/h11-13H,3-8H2,1-2H3,(H,21,23)(H,24,25)/t12-,13+/m0/s1. The fraction of sp³-hybridized carbons (Fsp3) is 0.579. The van der Waals surface area contributed by atoms with Gasteiger partial charge in [-0.2, -0.15) is 4.98 Å². The van der Waals surface area contributed by atoms with E-state index in [1.54, 1.807) is 0 Å². The minimum atomic E-state index is -0.889. The highest BCUT2D eigenvalue weighted by Gasteiger charge is 2.37. The van der Waals surface area contributed by atoms with Gasteiger partial charge in [0.15, 0.2) is 5.82 Å². The van der Waals surface area contributed by atoms with E-state index in [2.05, 4.69) is 15.5 Å². The largest absolute Gasteiger partial charge is 0.481 e. The number of carbonyl (C=O) groups excluding carboxylic acids is 1. The topological polar surface area (TPSA) is 105 Å². The summed E-state index contributed by atoms with van der Waals surface area (Å²) in [6, 6.07) is 0. The number of carbonyl (C=O) groups is 2. The van der Waals surface area contributed by atoms with Crippen LogP contribution in [0.5, 0.6) is 0 Å². The SMILES string of the molecule is Cc1sc(NC(=O)[C@H]2CCCC[C@H]2C(=O)O)c(-c2nc(C3CC3)no2)c1C. The van der Waals surface area contributed by atoms with E-state index in [0.717, 1.165) is 47.5 Å². The van der Waals surface area contributed by atoms with E-state index in [4.69, 9.17) is 4.52 Å². The number of thiophene rings is 1. The van der Waals surface area contributed by atoms with Crippen LogP contribution in [0.4, 0.5) is 5.00 Å². The first kappa shape index (κ1) is 18.2. The third-order valence-electron chi connectivity index (χ3n) is 5.64. The average Bonchev–Trinajstić information content (AvgIpc) is 3.32. The third-order valence-corrected chi connectivity index (χ3v) is 6.76. The van der Waals surface area contributed by atoms with Crippen LogP contribution < -0.4 is 5.32 Å². The Morgan fingerprint density at radius 3 is 2.52 bits per heavy atom. The zero-order valence-electron chi connectivity index (χ0n) is 15.4. The van der Waals surface area contributed by atoms with Crippen molar-refractivity contribution in [3.05, 3.63) is 16.3 Å². The Bertz CT molecular complexity index is 884. The van der Waals surface area contributed by atoms with Crippen LogP contribution in [-0.4, -0.2) is 27.1 Å². The molecule has 7 nitrogen and oxygen atoms in total. The van der Waals surface area contributed by atoms with Crippen molar-refractivity contribution in [1.29, 1.82) is 0 Å². The molecule has 0 radical (unpaired) electrons. The predicted molar refractivity (Wildman–Crippen MR) is 101 cm³/mol. The maximum atomic E-state index is 12.9. The van der Waals surface area contributed by atoms with Crippen LogP contribution in [0.15, 0.2) is 4.52 Å². The average molecular weight is 389 g/mol. The first-order valence-corrected chi connectivity index (χ1v) is 10.2. The Hall–Kier alpha value is -2.22. The monoisotopic (exact) mass is 389 g/mol. The molecule has 27 heavy (non-hydrogen) atoms. The van der Waals surface area contributed by atoms with Crippen molar-refractivity contribution in [3.8, 4) is 11.5 Å². The molecule has 2 N–H and O–H groups in total. The zero-order chi connectivity index (χ0) is 19.1. The Labute approximate surface area is 161 Å². The number of hydrogen-bond donors (Lipinski definition) is 2. The summed E-state index contributed by atoms with van der Waals surface area (Å²) in [5.74, 6) is -0.702. The molecule has 2 heterocycles. The van der Waals surface area contributed by atoms with Crippen LogP contribution in [0, 0.1) is 25.7 Å². The van der Waals surface area contributed by atoms with E-state index >= 15 is 0 Å². The number of nitrogens with one attached hydrogen (secondary N) is 1. The minimum Gasteiger partial charge on any atom is -0.481 e.